The molecule has 0 aliphatic rings. The van der Waals surface area contributed by atoms with Crippen molar-refractivity contribution in [3.8, 4) is 0 Å². The molecule has 1 aromatic heterocycles. The quantitative estimate of drug-likeness (QED) is 0.235. The first kappa shape index (κ1) is 10.3. The van der Waals surface area contributed by atoms with Gasteiger partial charge in [0.25, 0.3) is 0 Å². The van der Waals surface area contributed by atoms with E-state index in [1.54, 1.807) is 19.1 Å². The highest BCUT2D eigenvalue weighted by atomic mass is 16.5. The van der Waals surface area contributed by atoms with E-state index >= 15 is 0 Å². The molecule has 1 aromatic rings. The Morgan fingerprint density at radius 3 is 3.14 bits per heavy atom. The zero-order chi connectivity index (χ0) is 10.4. The predicted octanol–water partition coefficient (Wildman–Crippen LogP) is 0.772. The zero-order valence-corrected chi connectivity index (χ0v) is 7.80. The number of ether oxygens (including phenoxy) is 1. The van der Waals surface area contributed by atoms with Crippen molar-refractivity contribution in [3.05, 3.63) is 29.4 Å². The minimum absolute atomic E-state index is 0.271. The van der Waals surface area contributed by atoms with Gasteiger partial charge in [-0.2, -0.15) is 4.74 Å². The summed E-state index contributed by atoms with van der Waals surface area (Å²) in [7, 11) is 0. The molecule has 5 heteroatoms. The molecule has 1 heterocycles. The maximum atomic E-state index is 11.1. The van der Waals surface area contributed by atoms with Gasteiger partial charge in [-0.3, -0.25) is 0 Å². The molecule has 14 heavy (non-hydrogen) atoms. The normalized spacial score (nSPS) is 11.4. The van der Waals surface area contributed by atoms with Crippen molar-refractivity contribution in [1.29, 1.82) is 0 Å². The third kappa shape index (κ3) is 3.30. The summed E-state index contributed by atoms with van der Waals surface area (Å²) in [5.41, 5.74) is 0. The Bertz CT molecular complexity index is 316. The fourth-order valence-electron chi connectivity index (χ4n) is 0.886. The fourth-order valence-corrected chi connectivity index (χ4v) is 0.886. The summed E-state index contributed by atoms with van der Waals surface area (Å²) in [5, 5.41) is 11.1. The number of esters is 1. The van der Waals surface area contributed by atoms with Gasteiger partial charge in [0.05, 0.1) is 12.9 Å². The number of hydroxylamine groups is 1. The van der Waals surface area contributed by atoms with Crippen LogP contribution in [0.25, 0.3) is 0 Å². The molecule has 0 atom stereocenters. The average molecular weight is 197 g/mol. The maximum Gasteiger partial charge on any atom is 0.373 e. The van der Waals surface area contributed by atoms with Crippen LogP contribution in [0.1, 0.15) is 12.7 Å². The SMILES string of the molecule is CCOC(=O)C/[N+]([O-])=C/c1ccco1. The lowest BCUT2D eigenvalue weighted by atomic mass is 10.5. The van der Waals surface area contributed by atoms with Gasteiger partial charge in [-0.15, -0.1) is 0 Å². The molecule has 0 aliphatic heterocycles. The molecule has 0 saturated carbocycles. The summed E-state index contributed by atoms with van der Waals surface area (Å²) in [4.78, 5) is 10.9. The van der Waals surface area contributed by atoms with Gasteiger partial charge in [0.1, 0.15) is 0 Å². The van der Waals surface area contributed by atoms with Crippen LogP contribution in [0, 0.1) is 5.21 Å². The Kier molecular flexibility index (Phi) is 3.72. The summed E-state index contributed by atoms with van der Waals surface area (Å²) in [6, 6.07) is 3.28. The van der Waals surface area contributed by atoms with Crippen molar-refractivity contribution in [1.82, 2.24) is 0 Å². The van der Waals surface area contributed by atoms with Crippen LogP contribution >= 0.6 is 0 Å². The smallest absolute Gasteiger partial charge is 0.373 e. The number of rotatable bonds is 4. The number of furan rings is 1. The minimum Gasteiger partial charge on any atom is -0.623 e. The standard InChI is InChI=1S/C9H11NO4/c1-2-13-9(11)7-10(12)6-8-4-3-5-14-8/h3-6H,2,7H2,1H3/b10-6-. The Morgan fingerprint density at radius 2 is 2.57 bits per heavy atom. The second-order valence-electron chi connectivity index (χ2n) is 2.52. The number of carbonyl (C=O) groups excluding carboxylic acids is 1. The lowest BCUT2D eigenvalue weighted by molar-refractivity contribution is -0.443. The summed E-state index contributed by atoms with van der Waals surface area (Å²) >= 11 is 0. The van der Waals surface area contributed by atoms with Crippen molar-refractivity contribution in [2.45, 2.75) is 6.92 Å². The van der Waals surface area contributed by atoms with Gasteiger partial charge in [0.2, 0.25) is 12.8 Å². The summed E-state index contributed by atoms with van der Waals surface area (Å²) in [6.45, 7) is 1.63. The molecule has 0 saturated heterocycles. The number of hydrogen-bond acceptors (Lipinski definition) is 4. The van der Waals surface area contributed by atoms with E-state index in [9.17, 15) is 10.0 Å². The van der Waals surface area contributed by atoms with Crippen molar-refractivity contribution in [3.63, 3.8) is 0 Å². The first-order valence-corrected chi connectivity index (χ1v) is 4.20. The monoisotopic (exact) mass is 197 g/mol. The molecule has 0 amide bonds. The third-order valence-electron chi connectivity index (χ3n) is 1.40. The Labute approximate surface area is 81.2 Å². The maximum absolute atomic E-state index is 11.1. The van der Waals surface area contributed by atoms with Crippen molar-refractivity contribution in [2.24, 2.45) is 0 Å². The molecule has 0 radical (unpaired) electrons. The van der Waals surface area contributed by atoms with E-state index in [4.69, 9.17) is 4.42 Å². The second-order valence-corrected chi connectivity index (χ2v) is 2.52. The van der Waals surface area contributed by atoms with Crippen LogP contribution in [-0.2, 0) is 9.53 Å². The zero-order valence-electron chi connectivity index (χ0n) is 7.80. The summed E-state index contributed by atoms with van der Waals surface area (Å²) in [6.07, 6.45) is 2.64. The molecule has 0 aliphatic carbocycles. The van der Waals surface area contributed by atoms with Gasteiger partial charge in [-0.1, -0.05) is 0 Å². The van der Waals surface area contributed by atoms with Gasteiger partial charge in [-0.05, 0) is 19.1 Å². The van der Waals surface area contributed by atoms with Crippen molar-refractivity contribution < 1.29 is 18.7 Å². The van der Waals surface area contributed by atoms with Crippen LogP contribution in [0.15, 0.2) is 22.8 Å². The second kappa shape index (κ2) is 5.06. The molecule has 0 spiro atoms. The van der Waals surface area contributed by atoms with Crippen molar-refractivity contribution >= 4 is 12.2 Å². The van der Waals surface area contributed by atoms with Gasteiger partial charge in [0.15, 0.2) is 5.76 Å². The fraction of sp³-hybridized carbons (Fsp3) is 0.333. The molecule has 76 valence electrons. The molecule has 5 nitrogen and oxygen atoms in total. The first-order chi connectivity index (χ1) is 6.72. The number of hydrogen-bond donors (Lipinski definition) is 0. The minimum atomic E-state index is -0.551. The molecule has 0 N–H and O–H groups in total. The predicted molar refractivity (Wildman–Crippen MR) is 49.0 cm³/mol. The molecular formula is C9H11NO4. The molecular weight excluding hydrogens is 186 g/mol. The van der Waals surface area contributed by atoms with E-state index in [0.717, 1.165) is 0 Å². The van der Waals surface area contributed by atoms with Gasteiger partial charge in [0, 0.05) is 0 Å². The van der Waals surface area contributed by atoms with E-state index in [2.05, 4.69) is 4.74 Å². The third-order valence-corrected chi connectivity index (χ3v) is 1.40. The molecule has 0 bridgehead atoms. The highest BCUT2D eigenvalue weighted by Crippen LogP contribution is 1.95. The van der Waals surface area contributed by atoms with Gasteiger partial charge in [-0.25, -0.2) is 4.79 Å². The van der Waals surface area contributed by atoms with Crippen LogP contribution in [0.2, 0.25) is 0 Å². The summed E-state index contributed by atoms with van der Waals surface area (Å²) in [5.74, 6) is -0.144. The largest absolute Gasteiger partial charge is 0.623 e. The van der Waals surface area contributed by atoms with E-state index in [1.807, 2.05) is 0 Å². The number of carbonyl (C=O) groups is 1. The molecule has 0 fully saturated rings. The highest BCUT2D eigenvalue weighted by Gasteiger charge is 2.07. The van der Waals surface area contributed by atoms with Gasteiger partial charge < -0.3 is 14.4 Å². The van der Waals surface area contributed by atoms with Crippen LogP contribution in [-0.4, -0.2) is 30.1 Å². The van der Waals surface area contributed by atoms with E-state index in [-0.39, 0.29) is 13.2 Å². The van der Waals surface area contributed by atoms with Crippen LogP contribution < -0.4 is 0 Å². The average Bonchev–Trinajstić information content (AvgIpc) is 2.56. The Hall–Kier alpha value is -1.78. The van der Waals surface area contributed by atoms with Crippen molar-refractivity contribution in [2.75, 3.05) is 13.2 Å². The van der Waals surface area contributed by atoms with E-state index in [1.165, 1.54) is 12.5 Å². The summed E-state index contributed by atoms with van der Waals surface area (Å²) < 4.78 is 9.97. The van der Waals surface area contributed by atoms with E-state index in [0.29, 0.717) is 10.5 Å². The van der Waals surface area contributed by atoms with E-state index < -0.39 is 5.97 Å². The van der Waals surface area contributed by atoms with Crippen LogP contribution in [0.3, 0.4) is 0 Å². The van der Waals surface area contributed by atoms with Crippen LogP contribution in [0.4, 0.5) is 0 Å². The first-order valence-electron chi connectivity index (χ1n) is 4.20. The lowest BCUT2D eigenvalue weighted by Gasteiger charge is -2.02. The molecule has 0 unspecified atom stereocenters. The van der Waals surface area contributed by atoms with Crippen LogP contribution in [0.5, 0.6) is 0 Å². The Morgan fingerprint density at radius 1 is 1.79 bits per heavy atom. The molecule has 0 aromatic carbocycles. The Balaban J connectivity index is 2.49. The lowest BCUT2D eigenvalue weighted by Crippen LogP contribution is -2.19. The number of nitrogens with zero attached hydrogens (tertiary/aromatic N) is 1. The van der Waals surface area contributed by atoms with Gasteiger partial charge >= 0.3 is 5.97 Å². The molecule has 1 rings (SSSR count). The topological polar surface area (TPSA) is 65.5 Å². The highest BCUT2D eigenvalue weighted by molar-refractivity contribution is 5.74.